The van der Waals surface area contributed by atoms with Gasteiger partial charge in [-0.05, 0) is 24.3 Å². The van der Waals surface area contributed by atoms with Crippen molar-refractivity contribution in [3.05, 3.63) is 28.7 Å². The van der Waals surface area contributed by atoms with Gasteiger partial charge in [-0.25, -0.2) is 9.86 Å². The molecule has 1 aliphatic rings. The number of rotatable bonds is 2. The summed E-state index contributed by atoms with van der Waals surface area (Å²) < 4.78 is 1.00. The minimum Gasteiger partial charge on any atom is -0.291 e. The highest BCUT2D eigenvalue weighted by Crippen LogP contribution is 2.22. The summed E-state index contributed by atoms with van der Waals surface area (Å²) in [5.74, 6) is 0. The zero-order chi connectivity index (χ0) is 10.8. The summed E-state index contributed by atoms with van der Waals surface area (Å²) in [5, 5.41) is 1.35. The highest BCUT2D eigenvalue weighted by atomic mass is 79.9. The van der Waals surface area contributed by atoms with Crippen molar-refractivity contribution in [1.29, 1.82) is 0 Å². The Bertz CT molecular complexity index is 366. The second kappa shape index (κ2) is 4.20. The van der Waals surface area contributed by atoms with Gasteiger partial charge in [-0.3, -0.25) is 9.74 Å². The van der Waals surface area contributed by atoms with Crippen LogP contribution in [-0.4, -0.2) is 31.3 Å². The average molecular weight is 271 g/mol. The fourth-order valence-corrected chi connectivity index (χ4v) is 1.81. The lowest BCUT2D eigenvalue weighted by molar-refractivity contribution is -0.0698. The van der Waals surface area contributed by atoms with Crippen LogP contribution in [0.25, 0.3) is 0 Å². The van der Waals surface area contributed by atoms with E-state index in [2.05, 4.69) is 15.9 Å². The molecular weight excluding hydrogens is 260 g/mol. The van der Waals surface area contributed by atoms with E-state index >= 15 is 0 Å². The molecule has 1 saturated heterocycles. The van der Waals surface area contributed by atoms with Crippen molar-refractivity contribution < 1.29 is 9.63 Å². The lowest BCUT2D eigenvalue weighted by Crippen LogP contribution is -2.30. The largest absolute Gasteiger partial charge is 0.348 e. The first-order valence-corrected chi connectivity index (χ1v) is 5.40. The van der Waals surface area contributed by atoms with E-state index in [-0.39, 0.29) is 6.03 Å². The molecule has 0 saturated carbocycles. The number of benzene rings is 1. The zero-order valence-electron chi connectivity index (χ0n) is 8.31. The lowest BCUT2D eigenvalue weighted by Gasteiger charge is -2.16. The van der Waals surface area contributed by atoms with E-state index in [0.717, 1.165) is 10.2 Å². The number of anilines is 1. The van der Waals surface area contributed by atoms with Gasteiger partial charge in [-0.2, -0.15) is 0 Å². The van der Waals surface area contributed by atoms with Gasteiger partial charge in [0.25, 0.3) is 0 Å². The van der Waals surface area contributed by atoms with Gasteiger partial charge >= 0.3 is 6.03 Å². The normalized spacial score (nSPS) is 16.3. The van der Waals surface area contributed by atoms with Crippen molar-refractivity contribution in [2.24, 2.45) is 0 Å². The number of hydrogen-bond acceptors (Lipinski definition) is 2. The summed E-state index contributed by atoms with van der Waals surface area (Å²) in [5.41, 5.74) is 0.891. The van der Waals surface area contributed by atoms with Gasteiger partial charge < -0.3 is 0 Å². The molecule has 1 aromatic rings. The second-order valence-corrected chi connectivity index (χ2v) is 4.11. The molecule has 1 fully saturated rings. The van der Waals surface area contributed by atoms with Crippen LogP contribution in [0, 0.1) is 0 Å². The van der Waals surface area contributed by atoms with Gasteiger partial charge in [0.05, 0.1) is 13.7 Å². The van der Waals surface area contributed by atoms with Gasteiger partial charge in [0.1, 0.15) is 0 Å². The number of hydrogen-bond donors (Lipinski definition) is 0. The number of carbonyl (C=O) groups is 1. The highest BCUT2D eigenvalue weighted by Gasteiger charge is 2.29. The third-order valence-corrected chi connectivity index (χ3v) is 2.86. The van der Waals surface area contributed by atoms with E-state index in [4.69, 9.17) is 4.84 Å². The van der Waals surface area contributed by atoms with Crippen molar-refractivity contribution >= 4 is 27.6 Å². The minimum absolute atomic E-state index is 0.111. The minimum atomic E-state index is -0.111. The van der Waals surface area contributed by atoms with Crippen LogP contribution >= 0.6 is 15.9 Å². The maximum atomic E-state index is 11.7. The Balaban J connectivity index is 2.19. The van der Waals surface area contributed by atoms with Crippen LogP contribution < -0.4 is 4.90 Å². The van der Waals surface area contributed by atoms with Crippen molar-refractivity contribution in [1.82, 2.24) is 5.06 Å². The molecule has 2 rings (SSSR count). The summed E-state index contributed by atoms with van der Waals surface area (Å²) in [4.78, 5) is 18.4. The number of urea groups is 1. The van der Waals surface area contributed by atoms with Crippen molar-refractivity contribution in [2.75, 3.05) is 25.1 Å². The first-order chi connectivity index (χ1) is 7.22. The summed E-state index contributed by atoms with van der Waals surface area (Å²) in [6.45, 7) is 1.26. The fourth-order valence-electron chi connectivity index (χ4n) is 1.55. The van der Waals surface area contributed by atoms with E-state index < -0.39 is 0 Å². The van der Waals surface area contributed by atoms with Crippen LogP contribution in [-0.2, 0) is 4.84 Å². The molecule has 0 spiro atoms. The number of amides is 2. The molecule has 15 heavy (non-hydrogen) atoms. The zero-order valence-corrected chi connectivity index (χ0v) is 9.90. The predicted octanol–water partition coefficient (Wildman–Crippen LogP) is 2.25. The number of hydroxylamine groups is 2. The molecule has 2 amide bonds. The van der Waals surface area contributed by atoms with E-state index in [1.165, 1.54) is 12.2 Å². The van der Waals surface area contributed by atoms with Crippen LogP contribution in [0.3, 0.4) is 0 Å². The maximum absolute atomic E-state index is 11.7. The molecular formula is C10H11BrN2O2. The standard InChI is InChI=1S/C10H11BrN2O2/c1-15-13-7-6-12(10(13)14)9-4-2-8(11)3-5-9/h2-5H,6-7H2,1H3. The predicted molar refractivity (Wildman–Crippen MR) is 60.6 cm³/mol. The third-order valence-electron chi connectivity index (χ3n) is 2.33. The summed E-state index contributed by atoms with van der Waals surface area (Å²) in [7, 11) is 1.50. The first-order valence-electron chi connectivity index (χ1n) is 4.61. The van der Waals surface area contributed by atoms with Gasteiger partial charge in [-0.15, -0.1) is 0 Å². The topological polar surface area (TPSA) is 32.8 Å². The lowest BCUT2D eigenvalue weighted by atomic mass is 10.3. The molecule has 1 aromatic carbocycles. The number of nitrogens with zero attached hydrogens (tertiary/aromatic N) is 2. The highest BCUT2D eigenvalue weighted by molar-refractivity contribution is 9.10. The van der Waals surface area contributed by atoms with E-state index in [0.29, 0.717) is 13.1 Å². The van der Waals surface area contributed by atoms with Crippen LogP contribution in [0.5, 0.6) is 0 Å². The van der Waals surface area contributed by atoms with Gasteiger partial charge in [0.2, 0.25) is 0 Å². The van der Waals surface area contributed by atoms with Crippen molar-refractivity contribution in [3.8, 4) is 0 Å². The monoisotopic (exact) mass is 270 g/mol. The van der Waals surface area contributed by atoms with Crippen molar-refractivity contribution in [3.63, 3.8) is 0 Å². The van der Waals surface area contributed by atoms with E-state index in [9.17, 15) is 4.79 Å². The molecule has 80 valence electrons. The number of halogens is 1. The number of carbonyl (C=O) groups excluding carboxylic acids is 1. The Morgan fingerprint density at radius 1 is 1.27 bits per heavy atom. The Morgan fingerprint density at radius 3 is 2.47 bits per heavy atom. The molecule has 0 atom stereocenters. The van der Waals surface area contributed by atoms with Crippen molar-refractivity contribution in [2.45, 2.75) is 0 Å². The summed E-state index contributed by atoms with van der Waals surface area (Å²) in [6.07, 6.45) is 0. The van der Waals surface area contributed by atoms with E-state index in [1.807, 2.05) is 24.3 Å². The summed E-state index contributed by atoms with van der Waals surface area (Å²) in [6, 6.07) is 7.53. The molecule has 0 radical (unpaired) electrons. The van der Waals surface area contributed by atoms with Gasteiger partial charge in [-0.1, -0.05) is 15.9 Å². The Kier molecular flexibility index (Phi) is 2.93. The van der Waals surface area contributed by atoms with E-state index in [1.54, 1.807) is 4.90 Å². The molecule has 5 heteroatoms. The maximum Gasteiger partial charge on any atom is 0.348 e. The summed E-state index contributed by atoms with van der Waals surface area (Å²) >= 11 is 3.36. The smallest absolute Gasteiger partial charge is 0.291 e. The molecule has 4 nitrogen and oxygen atoms in total. The second-order valence-electron chi connectivity index (χ2n) is 3.20. The van der Waals surface area contributed by atoms with Crippen LogP contribution in [0.4, 0.5) is 10.5 Å². The van der Waals surface area contributed by atoms with Gasteiger partial charge in [0.15, 0.2) is 0 Å². The quantitative estimate of drug-likeness (QED) is 0.826. The molecule has 0 aromatic heterocycles. The molecule has 0 unspecified atom stereocenters. The van der Waals surface area contributed by atoms with Crippen LogP contribution in [0.1, 0.15) is 0 Å². The Hall–Kier alpha value is -1.07. The SMILES string of the molecule is CON1CCN(c2ccc(Br)cc2)C1=O. The Morgan fingerprint density at radius 2 is 1.93 bits per heavy atom. The third kappa shape index (κ3) is 1.98. The molecule has 1 heterocycles. The molecule has 0 bridgehead atoms. The fraction of sp³-hybridized carbons (Fsp3) is 0.300. The Labute approximate surface area is 96.5 Å². The average Bonchev–Trinajstić information content (AvgIpc) is 2.61. The van der Waals surface area contributed by atoms with Crippen LogP contribution in [0.2, 0.25) is 0 Å². The van der Waals surface area contributed by atoms with Gasteiger partial charge in [0, 0.05) is 16.7 Å². The molecule has 0 N–H and O–H groups in total. The molecule has 1 aliphatic heterocycles. The first kappa shape index (κ1) is 10.4. The molecule has 0 aliphatic carbocycles. The van der Waals surface area contributed by atoms with Crippen LogP contribution in [0.15, 0.2) is 28.7 Å².